The molecule has 0 radical (unpaired) electrons. The third-order valence-corrected chi connectivity index (χ3v) is 3.26. The number of hydrogen-bond donors (Lipinski definition) is 0. The standard InChI is InChI=1S/C12H18O6S2/c1-12(2,3)9-6-7-10(17-19(4,13)14)11(8-9)18-20(5,15)16/h6-8H,1-5H3. The highest BCUT2D eigenvalue weighted by Crippen LogP contribution is 2.34. The van der Waals surface area contributed by atoms with Crippen molar-refractivity contribution in [2.45, 2.75) is 26.2 Å². The Morgan fingerprint density at radius 1 is 0.850 bits per heavy atom. The molecule has 114 valence electrons. The van der Waals surface area contributed by atoms with E-state index in [1.54, 1.807) is 6.07 Å². The second-order valence-corrected chi connectivity index (χ2v) is 8.64. The third kappa shape index (κ3) is 5.38. The van der Waals surface area contributed by atoms with Gasteiger partial charge in [-0.1, -0.05) is 26.8 Å². The molecule has 1 rings (SSSR count). The van der Waals surface area contributed by atoms with Gasteiger partial charge in [-0.15, -0.1) is 0 Å². The Morgan fingerprint density at radius 3 is 1.70 bits per heavy atom. The minimum absolute atomic E-state index is 0.148. The minimum Gasteiger partial charge on any atom is -0.379 e. The van der Waals surface area contributed by atoms with Crippen molar-refractivity contribution in [3.8, 4) is 11.5 Å². The van der Waals surface area contributed by atoms with Crippen LogP contribution >= 0.6 is 0 Å². The van der Waals surface area contributed by atoms with Crippen molar-refractivity contribution in [2.75, 3.05) is 12.5 Å². The van der Waals surface area contributed by atoms with E-state index in [1.165, 1.54) is 12.1 Å². The van der Waals surface area contributed by atoms with Gasteiger partial charge in [0.2, 0.25) is 0 Å². The zero-order valence-corrected chi connectivity index (χ0v) is 13.6. The van der Waals surface area contributed by atoms with Crippen LogP contribution in [0.2, 0.25) is 0 Å². The van der Waals surface area contributed by atoms with E-state index >= 15 is 0 Å². The van der Waals surface area contributed by atoms with Gasteiger partial charge in [0.15, 0.2) is 11.5 Å². The van der Waals surface area contributed by atoms with E-state index in [0.29, 0.717) is 0 Å². The summed E-state index contributed by atoms with van der Waals surface area (Å²) in [6.45, 7) is 5.80. The molecular weight excluding hydrogens is 304 g/mol. The molecule has 6 nitrogen and oxygen atoms in total. The topological polar surface area (TPSA) is 86.7 Å². The SMILES string of the molecule is CC(C)(C)c1ccc(OS(C)(=O)=O)c(OS(C)(=O)=O)c1. The zero-order valence-electron chi connectivity index (χ0n) is 12.0. The van der Waals surface area contributed by atoms with E-state index in [1.807, 2.05) is 20.8 Å². The second-order valence-electron chi connectivity index (χ2n) is 5.49. The van der Waals surface area contributed by atoms with Gasteiger partial charge in [0.1, 0.15) is 0 Å². The van der Waals surface area contributed by atoms with Crippen molar-refractivity contribution < 1.29 is 25.2 Å². The van der Waals surface area contributed by atoms with E-state index in [0.717, 1.165) is 18.1 Å². The van der Waals surface area contributed by atoms with Crippen molar-refractivity contribution in [1.29, 1.82) is 0 Å². The normalized spacial score (nSPS) is 13.1. The predicted molar refractivity (Wildman–Crippen MR) is 76.1 cm³/mol. The molecule has 0 aliphatic heterocycles. The van der Waals surface area contributed by atoms with Crippen molar-refractivity contribution in [3.63, 3.8) is 0 Å². The molecule has 0 N–H and O–H groups in total. The number of rotatable bonds is 4. The molecule has 1 aromatic rings. The Labute approximate surface area is 120 Å². The number of hydrogen-bond acceptors (Lipinski definition) is 6. The second kappa shape index (κ2) is 5.25. The maximum Gasteiger partial charge on any atom is 0.306 e. The molecule has 0 saturated carbocycles. The Balaban J connectivity index is 3.38. The van der Waals surface area contributed by atoms with Gasteiger partial charge in [0.05, 0.1) is 12.5 Å². The van der Waals surface area contributed by atoms with Gasteiger partial charge in [-0.25, -0.2) is 0 Å². The smallest absolute Gasteiger partial charge is 0.306 e. The number of benzene rings is 1. The molecule has 0 aliphatic rings. The van der Waals surface area contributed by atoms with Crippen LogP contribution in [0.4, 0.5) is 0 Å². The van der Waals surface area contributed by atoms with E-state index in [2.05, 4.69) is 0 Å². The molecule has 0 aliphatic carbocycles. The summed E-state index contributed by atoms with van der Waals surface area (Å²) in [6.07, 6.45) is 1.75. The predicted octanol–water partition coefficient (Wildman–Crippen LogP) is 1.66. The average molecular weight is 322 g/mol. The van der Waals surface area contributed by atoms with Crippen LogP contribution < -0.4 is 8.37 Å². The van der Waals surface area contributed by atoms with Crippen LogP contribution in [0.1, 0.15) is 26.3 Å². The van der Waals surface area contributed by atoms with Crippen molar-refractivity contribution in [3.05, 3.63) is 23.8 Å². The largest absolute Gasteiger partial charge is 0.379 e. The molecule has 20 heavy (non-hydrogen) atoms. The first-order chi connectivity index (χ1) is 8.78. The highest BCUT2D eigenvalue weighted by atomic mass is 32.2. The average Bonchev–Trinajstić information content (AvgIpc) is 2.14. The lowest BCUT2D eigenvalue weighted by molar-refractivity contribution is 0.453. The van der Waals surface area contributed by atoms with Crippen molar-refractivity contribution in [1.82, 2.24) is 0 Å². The fraction of sp³-hybridized carbons (Fsp3) is 0.500. The van der Waals surface area contributed by atoms with E-state index < -0.39 is 20.2 Å². The summed E-state index contributed by atoms with van der Waals surface area (Å²) in [5.74, 6) is -0.309. The molecule has 0 fully saturated rings. The molecule has 0 aromatic heterocycles. The molecule has 0 amide bonds. The first kappa shape index (κ1) is 16.8. The molecule has 0 heterocycles. The molecule has 0 saturated heterocycles. The summed E-state index contributed by atoms with van der Waals surface area (Å²) in [5.41, 5.74) is 0.538. The Kier molecular flexibility index (Phi) is 4.40. The Morgan fingerprint density at radius 2 is 1.30 bits per heavy atom. The summed E-state index contributed by atoms with van der Waals surface area (Å²) in [7, 11) is -7.57. The molecule has 0 atom stereocenters. The summed E-state index contributed by atoms with van der Waals surface area (Å²) >= 11 is 0. The fourth-order valence-corrected chi connectivity index (χ4v) is 2.35. The van der Waals surface area contributed by atoms with Gasteiger partial charge in [-0.2, -0.15) is 16.8 Å². The maximum atomic E-state index is 11.3. The lowest BCUT2D eigenvalue weighted by atomic mass is 9.87. The van der Waals surface area contributed by atoms with Gasteiger partial charge >= 0.3 is 20.2 Å². The highest BCUT2D eigenvalue weighted by Gasteiger charge is 2.20. The van der Waals surface area contributed by atoms with Crippen LogP contribution in [0.15, 0.2) is 18.2 Å². The van der Waals surface area contributed by atoms with Crippen LogP contribution in [0.3, 0.4) is 0 Å². The molecule has 0 unspecified atom stereocenters. The Hall–Kier alpha value is -1.28. The lowest BCUT2D eigenvalue weighted by Gasteiger charge is -2.20. The maximum absolute atomic E-state index is 11.3. The highest BCUT2D eigenvalue weighted by molar-refractivity contribution is 7.86. The quantitative estimate of drug-likeness (QED) is 0.784. The van der Waals surface area contributed by atoms with Crippen LogP contribution in [0.5, 0.6) is 11.5 Å². The van der Waals surface area contributed by atoms with Gasteiger partial charge in [-0.3, -0.25) is 0 Å². The molecule has 0 bridgehead atoms. The summed E-state index contributed by atoms with van der Waals surface area (Å²) < 4.78 is 54.4. The van der Waals surface area contributed by atoms with Crippen LogP contribution in [0, 0.1) is 0 Å². The summed E-state index contributed by atoms with van der Waals surface area (Å²) in [4.78, 5) is 0. The molecule has 0 spiro atoms. The van der Waals surface area contributed by atoms with Crippen molar-refractivity contribution in [2.24, 2.45) is 0 Å². The van der Waals surface area contributed by atoms with E-state index in [4.69, 9.17) is 8.37 Å². The van der Waals surface area contributed by atoms with E-state index in [-0.39, 0.29) is 16.9 Å². The fourth-order valence-electron chi connectivity index (χ4n) is 1.43. The zero-order chi connectivity index (χ0) is 15.8. The van der Waals surface area contributed by atoms with Crippen molar-refractivity contribution >= 4 is 20.2 Å². The monoisotopic (exact) mass is 322 g/mol. The van der Waals surface area contributed by atoms with Crippen LogP contribution in [-0.2, 0) is 25.7 Å². The minimum atomic E-state index is -3.79. The van der Waals surface area contributed by atoms with Crippen LogP contribution in [0.25, 0.3) is 0 Å². The van der Waals surface area contributed by atoms with Gasteiger partial charge in [0.25, 0.3) is 0 Å². The lowest BCUT2D eigenvalue weighted by Crippen LogP contribution is -2.14. The molecule has 8 heteroatoms. The Bertz CT molecular complexity index is 696. The first-order valence-electron chi connectivity index (χ1n) is 5.71. The van der Waals surface area contributed by atoms with Crippen LogP contribution in [-0.4, -0.2) is 29.3 Å². The first-order valence-corrected chi connectivity index (χ1v) is 9.35. The van der Waals surface area contributed by atoms with E-state index in [9.17, 15) is 16.8 Å². The van der Waals surface area contributed by atoms with Gasteiger partial charge < -0.3 is 8.37 Å². The van der Waals surface area contributed by atoms with Gasteiger partial charge in [-0.05, 0) is 23.1 Å². The molecule has 1 aromatic carbocycles. The van der Waals surface area contributed by atoms with Gasteiger partial charge in [0, 0.05) is 0 Å². The summed E-state index contributed by atoms with van der Waals surface area (Å²) in [5, 5.41) is 0. The summed E-state index contributed by atoms with van der Waals surface area (Å²) in [6, 6.07) is 4.50. The third-order valence-electron chi connectivity index (χ3n) is 2.29. The molecular formula is C12H18O6S2.